The van der Waals surface area contributed by atoms with Crippen molar-refractivity contribution in [3.63, 3.8) is 0 Å². The number of aromatic hydroxyl groups is 1. The molecule has 6 heteroatoms. The molecule has 0 saturated carbocycles. The molecule has 5 nitrogen and oxygen atoms in total. The summed E-state index contributed by atoms with van der Waals surface area (Å²) in [5.74, 6) is -0.770. The lowest BCUT2D eigenvalue weighted by Gasteiger charge is -2.08. The first-order valence-electron chi connectivity index (χ1n) is 4.90. The van der Waals surface area contributed by atoms with Crippen LogP contribution in [0, 0.1) is 0 Å². The summed E-state index contributed by atoms with van der Waals surface area (Å²) in [6.45, 7) is 4.78. The molecule has 0 spiro atoms. The molecule has 1 aromatic rings. The summed E-state index contributed by atoms with van der Waals surface area (Å²) in [5.41, 5.74) is 0.0458. The Labute approximate surface area is 99.7 Å². The van der Waals surface area contributed by atoms with Gasteiger partial charge in [-0.2, -0.15) is 0 Å². The van der Waals surface area contributed by atoms with Gasteiger partial charge in [-0.15, -0.1) is 0 Å². The molecule has 1 amide bonds. The number of carbonyl (C=O) groups excluding carboxylic acids is 1. The zero-order valence-electron chi connectivity index (χ0n) is 9.30. The normalized spacial score (nSPS) is 10.9. The molecule has 0 aromatic heterocycles. The number of anilines is 1. The largest absolute Gasteiger partial charge is 0.506 e. The lowest BCUT2D eigenvalue weighted by molar-refractivity contribution is -0.111. The molecule has 0 radical (unpaired) electrons. The van der Waals surface area contributed by atoms with Crippen molar-refractivity contribution in [1.29, 1.82) is 0 Å². The van der Waals surface area contributed by atoms with E-state index in [4.69, 9.17) is 0 Å². The zero-order valence-corrected chi connectivity index (χ0v) is 10.1. The predicted molar refractivity (Wildman–Crippen MR) is 64.7 cm³/mol. The van der Waals surface area contributed by atoms with Crippen molar-refractivity contribution in [2.24, 2.45) is 0 Å². The van der Waals surface area contributed by atoms with E-state index in [2.05, 4.69) is 11.9 Å². The minimum absolute atomic E-state index is 0.0458. The second-order valence-corrected chi connectivity index (χ2v) is 5.55. The van der Waals surface area contributed by atoms with Gasteiger partial charge in [0.05, 0.1) is 16.3 Å². The van der Waals surface area contributed by atoms with E-state index in [0.29, 0.717) is 0 Å². The van der Waals surface area contributed by atoms with E-state index in [1.54, 1.807) is 0 Å². The fourth-order valence-corrected chi connectivity index (χ4v) is 2.07. The maximum absolute atomic E-state index is 11.6. The number of phenolic OH excluding ortho intramolecular Hbond substituents is 1. The Morgan fingerprint density at radius 2 is 2.18 bits per heavy atom. The standard InChI is InChI=1S/C11H13NO4S/c1-3-11(14)12-9-7-8(5-6-10(9)13)17(15,16)4-2/h3,5-7,13H,1,4H2,2H3,(H,12,14). The van der Waals surface area contributed by atoms with Crippen LogP contribution in [0.3, 0.4) is 0 Å². The number of sulfone groups is 1. The van der Waals surface area contributed by atoms with Crippen molar-refractivity contribution in [2.75, 3.05) is 11.1 Å². The SMILES string of the molecule is C=CC(=O)Nc1cc(S(=O)(=O)CC)ccc1O. The fraction of sp³-hybridized carbons (Fsp3) is 0.182. The van der Waals surface area contributed by atoms with Crippen molar-refractivity contribution in [2.45, 2.75) is 11.8 Å². The summed E-state index contributed by atoms with van der Waals surface area (Å²) in [5, 5.41) is 11.8. The van der Waals surface area contributed by atoms with Crippen molar-refractivity contribution >= 4 is 21.4 Å². The van der Waals surface area contributed by atoms with Gasteiger partial charge < -0.3 is 10.4 Å². The van der Waals surface area contributed by atoms with Gasteiger partial charge in [-0.25, -0.2) is 8.42 Å². The molecule has 1 aromatic carbocycles. The molecule has 0 heterocycles. The monoisotopic (exact) mass is 255 g/mol. The smallest absolute Gasteiger partial charge is 0.247 e. The molecule has 0 saturated heterocycles. The number of nitrogens with one attached hydrogen (secondary N) is 1. The average molecular weight is 255 g/mol. The Balaban J connectivity index is 3.20. The van der Waals surface area contributed by atoms with Crippen LogP contribution in [0.4, 0.5) is 5.69 Å². The van der Waals surface area contributed by atoms with Crippen molar-refractivity contribution in [3.05, 3.63) is 30.9 Å². The first-order chi connectivity index (χ1) is 7.90. The Morgan fingerprint density at radius 3 is 2.71 bits per heavy atom. The predicted octanol–water partition coefficient (Wildman–Crippen LogP) is 1.31. The fourth-order valence-electron chi connectivity index (χ4n) is 1.16. The third-order valence-electron chi connectivity index (χ3n) is 2.15. The van der Waals surface area contributed by atoms with E-state index >= 15 is 0 Å². The lowest BCUT2D eigenvalue weighted by Crippen LogP contribution is -2.09. The molecular weight excluding hydrogens is 242 g/mol. The zero-order chi connectivity index (χ0) is 13.1. The molecule has 0 atom stereocenters. The first kappa shape index (κ1) is 13.2. The van der Waals surface area contributed by atoms with Gasteiger partial charge in [0.25, 0.3) is 0 Å². The number of hydrogen-bond donors (Lipinski definition) is 2. The minimum atomic E-state index is -3.37. The van der Waals surface area contributed by atoms with Crippen molar-refractivity contribution in [3.8, 4) is 5.75 Å². The minimum Gasteiger partial charge on any atom is -0.506 e. The van der Waals surface area contributed by atoms with Crippen LogP contribution >= 0.6 is 0 Å². The van der Waals surface area contributed by atoms with E-state index < -0.39 is 15.7 Å². The highest BCUT2D eigenvalue weighted by molar-refractivity contribution is 7.91. The summed E-state index contributed by atoms with van der Waals surface area (Å²) in [6.07, 6.45) is 1.03. The second-order valence-electron chi connectivity index (χ2n) is 3.28. The maximum Gasteiger partial charge on any atom is 0.247 e. The van der Waals surface area contributed by atoms with E-state index in [-0.39, 0.29) is 22.1 Å². The van der Waals surface area contributed by atoms with E-state index in [1.807, 2.05) is 0 Å². The van der Waals surface area contributed by atoms with Gasteiger partial charge in [0, 0.05) is 0 Å². The van der Waals surface area contributed by atoms with Crippen LogP contribution in [-0.4, -0.2) is 25.2 Å². The third kappa shape index (κ3) is 3.07. The molecule has 0 aliphatic rings. The molecule has 2 N–H and O–H groups in total. The molecule has 0 bridgehead atoms. The van der Waals surface area contributed by atoms with E-state index in [1.165, 1.54) is 25.1 Å². The van der Waals surface area contributed by atoms with Crippen LogP contribution in [-0.2, 0) is 14.6 Å². The highest BCUT2D eigenvalue weighted by Crippen LogP contribution is 2.26. The number of phenols is 1. The van der Waals surface area contributed by atoms with Gasteiger partial charge in [0.1, 0.15) is 5.75 Å². The Morgan fingerprint density at radius 1 is 1.53 bits per heavy atom. The molecule has 17 heavy (non-hydrogen) atoms. The summed E-state index contributed by atoms with van der Waals surface area (Å²) in [6, 6.07) is 3.73. The molecule has 1 rings (SSSR count). The quantitative estimate of drug-likeness (QED) is 0.627. The first-order valence-corrected chi connectivity index (χ1v) is 6.55. The van der Waals surface area contributed by atoms with Gasteiger partial charge in [-0.05, 0) is 24.3 Å². The van der Waals surface area contributed by atoms with Crippen molar-refractivity contribution < 1.29 is 18.3 Å². The number of hydrogen-bond acceptors (Lipinski definition) is 4. The number of amides is 1. The van der Waals surface area contributed by atoms with Crippen LogP contribution in [0.2, 0.25) is 0 Å². The Hall–Kier alpha value is -1.82. The molecule has 0 aliphatic carbocycles. The van der Waals surface area contributed by atoms with Crippen LogP contribution in [0.25, 0.3) is 0 Å². The van der Waals surface area contributed by atoms with Crippen LogP contribution < -0.4 is 5.32 Å². The van der Waals surface area contributed by atoms with Gasteiger partial charge >= 0.3 is 0 Å². The molecule has 0 fully saturated rings. The average Bonchev–Trinajstić information content (AvgIpc) is 2.31. The highest BCUT2D eigenvalue weighted by atomic mass is 32.2. The van der Waals surface area contributed by atoms with Gasteiger partial charge in [-0.1, -0.05) is 13.5 Å². The van der Waals surface area contributed by atoms with Gasteiger partial charge in [0.2, 0.25) is 5.91 Å². The summed E-state index contributed by atoms with van der Waals surface area (Å²) < 4.78 is 23.2. The van der Waals surface area contributed by atoms with Crippen LogP contribution in [0.1, 0.15) is 6.92 Å². The molecule has 0 unspecified atom stereocenters. The number of rotatable bonds is 4. The van der Waals surface area contributed by atoms with Crippen LogP contribution in [0.5, 0.6) is 5.75 Å². The highest BCUT2D eigenvalue weighted by Gasteiger charge is 2.14. The van der Waals surface area contributed by atoms with E-state index in [9.17, 15) is 18.3 Å². The second kappa shape index (κ2) is 5.01. The number of carbonyl (C=O) groups is 1. The van der Waals surface area contributed by atoms with E-state index in [0.717, 1.165) is 6.08 Å². The Bertz CT molecular complexity index is 549. The van der Waals surface area contributed by atoms with Crippen LogP contribution in [0.15, 0.2) is 35.7 Å². The van der Waals surface area contributed by atoms with Gasteiger partial charge in [0.15, 0.2) is 9.84 Å². The summed E-state index contributed by atoms with van der Waals surface area (Å²) in [7, 11) is -3.37. The summed E-state index contributed by atoms with van der Waals surface area (Å²) in [4.78, 5) is 11.1. The van der Waals surface area contributed by atoms with Crippen molar-refractivity contribution in [1.82, 2.24) is 0 Å². The molecule has 92 valence electrons. The summed E-state index contributed by atoms with van der Waals surface area (Å²) >= 11 is 0. The third-order valence-corrected chi connectivity index (χ3v) is 3.88. The number of benzene rings is 1. The maximum atomic E-state index is 11.6. The van der Waals surface area contributed by atoms with Gasteiger partial charge in [-0.3, -0.25) is 4.79 Å². The Kier molecular flexibility index (Phi) is 3.90. The molecular formula is C11H13NO4S. The lowest BCUT2D eigenvalue weighted by atomic mass is 10.3. The molecule has 0 aliphatic heterocycles. The topological polar surface area (TPSA) is 83.5 Å².